The average Bonchev–Trinajstić information content (AvgIpc) is 2.42. The second kappa shape index (κ2) is 5.33. The summed E-state index contributed by atoms with van der Waals surface area (Å²) in [6.07, 6.45) is 0.255. The van der Waals surface area contributed by atoms with E-state index in [-0.39, 0.29) is 24.8 Å². The largest absolute Gasteiger partial charge is 0.399 e. The number of carbonyl (C=O) groups excluding carboxylic acids is 2. The van der Waals surface area contributed by atoms with Crippen molar-refractivity contribution in [2.75, 3.05) is 5.73 Å². The van der Waals surface area contributed by atoms with Gasteiger partial charge < -0.3 is 5.73 Å². The number of halogens is 1. The minimum atomic E-state index is -0.250. The summed E-state index contributed by atoms with van der Waals surface area (Å²) >= 11 is 3.37. The number of nitrogens with two attached hydrogens (primary N) is 1. The summed E-state index contributed by atoms with van der Waals surface area (Å²) in [6, 6.07) is 12.6. The molecule has 4 nitrogen and oxygen atoms in total. The van der Waals surface area contributed by atoms with Crippen molar-refractivity contribution in [1.29, 1.82) is 0 Å². The average molecular weight is 345 g/mol. The lowest BCUT2D eigenvalue weighted by molar-refractivity contribution is -0.128. The maximum atomic E-state index is 12.5. The van der Waals surface area contributed by atoms with Gasteiger partial charge in [0.1, 0.15) is 0 Å². The lowest BCUT2D eigenvalue weighted by Gasteiger charge is -2.27. The van der Waals surface area contributed by atoms with Gasteiger partial charge in [-0.05, 0) is 35.4 Å². The van der Waals surface area contributed by atoms with Gasteiger partial charge in [-0.1, -0.05) is 34.1 Å². The molecule has 0 spiro atoms. The van der Waals surface area contributed by atoms with Gasteiger partial charge in [0.15, 0.2) is 0 Å². The van der Waals surface area contributed by atoms with Gasteiger partial charge in [0.2, 0.25) is 5.91 Å². The second-order valence-corrected chi connectivity index (χ2v) is 5.93. The second-order valence-electron chi connectivity index (χ2n) is 5.01. The van der Waals surface area contributed by atoms with Crippen LogP contribution in [0, 0.1) is 0 Å². The molecule has 1 aliphatic rings. The summed E-state index contributed by atoms with van der Waals surface area (Å²) < 4.78 is 0.829. The third-order valence-electron chi connectivity index (χ3n) is 3.46. The summed E-state index contributed by atoms with van der Waals surface area (Å²) in [5.41, 5.74) is 8.60. The Labute approximate surface area is 130 Å². The first-order chi connectivity index (χ1) is 10.0. The molecule has 2 aromatic carbocycles. The van der Waals surface area contributed by atoms with E-state index in [1.165, 1.54) is 4.90 Å². The molecule has 21 heavy (non-hydrogen) atoms. The fourth-order valence-electron chi connectivity index (χ4n) is 2.51. The van der Waals surface area contributed by atoms with Gasteiger partial charge in [-0.2, -0.15) is 0 Å². The first-order valence-corrected chi connectivity index (χ1v) is 7.31. The highest BCUT2D eigenvalue weighted by molar-refractivity contribution is 9.10. The van der Waals surface area contributed by atoms with Crippen molar-refractivity contribution in [2.24, 2.45) is 0 Å². The van der Waals surface area contributed by atoms with Crippen LogP contribution >= 0.6 is 15.9 Å². The first-order valence-electron chi connectivity index (χ1n) is 6.52. The molecule has 0 bridgehead atoms. The Balaban J connectivity index is 1.92. The lowest BCUT2D eigenvalue weighted by Crippen LogP contribution is -2.41. The van der Waals surface area contributed by atoms with Crippen LogP contribution < -0.4 is 5.73 Å². The summed E-state index contributed by atoms with van der Waals surface area (Å²) in [5, 5.41) is 0. The smallest absolute Gasteiger partial charge is 0.261 e. The first kappa shape index (κ1) is 13.8. The lowest BCUT2D eigenvalue weighted by atomic mass is 9.98. The number of imide groups is 1. The summed E-state index contributed by atoms with van der Waals surface area (Å²) in [5.74, 6) is -0.433. The zero-order chi connectivity index (χ0) is 15.0. The molecule has 2 aromatic rings. The fraction of sp³-hybridized carbons (Fsp3) is 0.125. The van der Waals surface area contributed by atoms with E-state index in [4.69, 9.17) is 5.73 Å². The molecular weight excluding hydrogens is 332 g/mol. The number of fused-ring (bicyclic) bond motifs is 1. The van der Waals surface area contributed by atoms with E-state index in [0.717, 1.165) is 15.6 Å². The van der Waals surface area contributed by atoms with Crippen LogP contribution in [0.1, 0.15) is 21.5 Å². The van der Waals surface area contributed by atoms with Crippen molar-refractivity contribution in [3.8, 4) is 0 Å². The number of hydrogen-bond donors (Lipinski definition) is 1. The fourth-order valence-corrected chi connectivity index (χ4v) is 3.07. The van der Waals surface area contributed by atoms with Crippen LogP contribution in [0.25, 0.3) is 0 Å². The minimum Gasteiger partial charge on any atom is -0.399 e. The Morgan fingerprint density at radius 2 is 1.90 bits per heavy atom. The maximum Gasteiger partial charge on any atom is 0.261 e. The van der Waals surface area contributed by atoms with Gasteiger partial charge in [0.05, 0.1) is 13.0 Å². The molecule has 0 fully saturated rings. The van der Waals surface area contributed by atoms with E-state index in [2.05, 4.69) is 15.9 Å². The summed E-state index contributed by atoms with van der Waals surface area (Å²) in [6.45, 7) is 0.232. The molecule has 1 heterocycles. The molecule has 0 unspecified atom stereocenters. The quantitative estimate of drug-likeness (QED) is 0.672. The van der Waals surface area contributed by atoms with E-state index >= 15 is 0 Å². The molecule has 0 radical (unpaired) electrons. The molecule has 2 N–H and O–H groups in total. The predicted octanol–water partition coefficient (Wildman–Crippen LogP) is 2.76. The zero-order valence-electron chi connectivity index (χ0n) is 11.2. The van der Waals surface area contributed by atoms with Crippen LogP contribution in [0.3, 0.4) is 0 Å². The Morgan fingerprint density at radius 3 is 2.67 bits per heavy atom. The van der Waals surface area contributed by atoms with Gasteiger partial charge >= 0.3 is 0 Å². The Hall–Kier alpha value is -2.14. The SMILES string of the molecule is Nc1cc(Br)cc(CN2C(=O)Cc3ccccc3C2=O)c1. The Morgan fingerprint density at radius 1 is 1.14 bits per heavy atom. The topological polar surface area (TPSA) is 63.4 Å². The van der Waals surface area contributed by atoms with E-state index < -0.39 is 0 Å². The number of anilines is 1. The van der Waals surface area contributed by atoms with E-state index in [9.17, 15) is 9.59 Å². The molecule has 0 aromatic heterocycles. The minimum absolute atomic E-state index is 0.183. The van der Waals surface area contributed by atoms with Crippen molar-refractivity contribution < 1.29 is 9.59 Å². The highest BCUT2D eigenvalue weighted by atomic mass is 79.9. The standard InChI is InChI=1S/C16H13BrN2O2/c17-12-5-10(6-13(18)8-12)9-19-15(20)7-11-3-1-2-4-14(11)16(19)21/h1-6,8H,7,9,18H2. The molecule has 5 heteroatoms. The molecule has 3 rings (SSSR count). The zero-order valence-corrected chi connectivity index (χ0v) is 12.8. The highest BCUT2D eigenvalue weighted by Crippen LogP contribution is 2.23. The number of benzene rings is 2. The van der Waals surface area contributed by atoms with E-state index in [1.54, 1.807) is 18.2 Å². The molecule has 1 aliphatic heterocycles. The molecule has 0 atom stereocenters. The van der Waals surface area contributed by atoms with Crippen molar-refractivity contribution >= 4 is 33.4 Å². The van der Waals surface area contributed by atoms with Crippen LogP contribution in [0.5, 0.6) is 0 Å². The third-order valence-corrected chi connectivity index (χ3v) is 3.91. The maximum absolute atomic E-state index is 12.5. The van der Waals surface area contributed by atoms with Crippen molar-refractivity contribution in [1.82, 2.24) is 4.90 Å². The van der Waals surface area contributed by atoms with Crippen LogP contribution in [0.15, 0.2) is 46.9 Å². The molecule has 0 aliphatic carbocycles. The van der Waals surface area contributed by atoms with Crippen molar-refractivity contribution in [3.63, 3.8) is 0 Å². The van der Waals surface area contributed by atoms with Crippen LogP contribution in [0.4, 0.5) is 5.69 Å². The number of nitrogen functional groups attached to an aromatic ring is 1. The molecule has 0 saturated carbocycles. The molecule has 106 valence electrons. The van der Waals surface area contributed by atoms with Gasteiger partial charge in [-0.25, -0.2) is 0 Å². The number of nitrogens with zero attached hydrogens (tertiary/aromatic N) is 1. The third kappa shape index (κ3) is 2.69. The molecule has 0 saturated heterocycles. The number of carbonyl (C=O) groups is 2. The molecule has 2 amide bonds. The van der Waals surface area contributed by atoms with Crippen molar-refractivity contribution in [2.45, 2.75) is 13.0 Å². The van der Waals surface area contributed by atoms with Crippen LogP contribution in [0.2, 0.25) is 0 Å². The number of amides is 2. The summed E-state index contributed by atoms with van der Waals surface area (Å²) in [7, 11) is 0. The van der Waals surface area contributed by atoms with Crippen molar-refractivity contribution in [3.05, 3.63) is 63.6 Å². The normalized spacial score (nSPS) is 14.2. The highest BCUT2D eigenvalue weighted by Gasteiger charge is 2.30. The van der Waals surface area contributed by atoms with Gasteiger partial charge in [-0.3, -0.25) is 14.5 Å². The monoisotopic (exact) mass is 344 g/mol. The predicted molar refractivity (Wildman–Crippen MR) is 83.6 cm³/mol. The van der Waals surface area contributed by atoms with E-state index in [1.807, 2.05) is 24.3 Å². The number of rotatable bonds is 2. The van der Waals surface area contributed by atoms with Crippen LogP contribution in [-0.2, 0) is 17.8 Å². The Kier molecular flexibility index (Phi) is 3.51. The number of hydrogen-bond acceptors (Lipinski definition) is 3. The van der Waals surface area contributed by atoms with E-state index in [0.29, 0.717) is 11.3 Å². The van der Waals surface area contributed by atoms with Gasteiger partial charge in [0.25, 0.3) is 5.91 Å². The molecular formula is C16H13BrN2O2. The Bertz CT molecular complexity index is 723. The summed E-state index contributed by atoms with van der Waals surface area (Å²) in [4.78, 5) is 25.9. The van der Waals surface area contributed by atoms with Crippen LogP contribution in [-0.4, -0.2) is 16.7 Å². The van der Waals surface area contributed by atoms with Gasteiger partial charge in [-0.15, -0.1) is 0 Å². The van der Waals surface area contributed by atoms with Gasteiger partial charge in [0, 0.05) is 15.7 Å².